The predicted octanol–water partition coefficient (Wildman–Crippen LogP) is 3.50. The van der Waals surface area contributed by atoms with Crippen LogP contribution >= 0.6 is 0 Å². The van der Waals surface area contributed by atoms with Crippen molar-refractivity contribution < 1.29 is 5.11 Å². The molecule has 1 aromatic carbocycles. The first kappa shape index (κ1) is 13.0. The van der Waals surface area contributed by atoms with E-state index < -0.39 is 0 Å². The number of hydrogen-bond donors (Lipinski definition) is 1. The van der Waals surface area contributed by atoms with E-state index in [4.69, 9.17) is 0 Å². The fourth-order valence-corrected chi connectivity index (χ4v) is 1.87. The zero-order valence-corrected chi connectivity index (χ0v) is 10.2. The quantitative estimate of drug-likeness (QED) is 0.548. The summed E-state index contributed by atoms with van der Waals surface area (Å²) in [5.74, 6) is 0.391. The highest BCUT2D eigenvalue weighted by atomic mass is 16.3. The Labute approximate surface area is 98.8 Å². The van der Waals surface area contributed by atoms with Crippen molar-refractivity contribution in [1.29, 1.82) is 0 Å². The van der Waals surface area contributed by atoms with Crippen LogP contribution in [0.3, 0.4) is 0 Å². The van der Waals surface area contributed by atoms with Crippen LogP contribution in [0.25, 0.3) is 0 Å². The Kier molecular flexibility index (Phi) is 5.87. The molecular weight excluding hydrogens is 196 g/mol. The van der Waals surface area contributed by atoms with E-state index in [0.717, 1.165) is 25.7 Å². The maximum absolute atomic E-state index is 9.32. The Morgan fingerprint density at radius 1 is 1.31 bits per heavy atom. The summed E-state index contributed by atoms with van der Waals surface area (Å²) in [6.07, 6.45) is 6.18. The van der Waals surface area contributed by atoms with Gasteiger partial charge in [0.05, 0.1) is 0 Å². The topological polar surface area (TPSA) is 20.2 Å². The molecule has 0 amide bonds. The molecule has 0 spiro atoms. The maximum atomic E-state index is 9.32. The van der Waals surface area contributed by atoms with Crippen molar-refractivity contribution in [2.24, 2.45) is 5.92 Å². The highest BCUT2D eigenvalue weighted by Crippen LogP contribution is 2.15. The fraction of sp³-hybridized carbons (Fsp3) is 0.467. The summed E-state index contributed by atoms with van der Waals surface area (Å²) in [6, 6.07) is 8.58. The van der Waals surface area contributed by atoms with Crippen LogP contribution in [0.5, 0.6) is 0 Å². The molecule has 0 aliphatic heterocycles. The normalized spacial score (nSPS) is 12.4. The lowest BCUT2D eigenvalue weighted by Gasteiger charge is -2.13. The van der Waals surface area contributed by atoms with Gasteiger partial charge in [-0.3, -0.25) is 0 Å². The van der Waals surface area contributed by atoms with Crippen LogP contribution in [0.4, 0.5) is 0 Å². The number of aliphatic hydroxyl groups is 1. The summed E-state index contributed by atoms with van der Waals surface area (Å²) in [5.41, 5.74) is 2.61. The van der Waals surface area contributed by atoms with Crippen molar-refractivity contribution in [3.05, 3.63) is 48.0 Å². The molecular formula is C15H22O. The molecule has 0 aliphatic rings. The summed E-state index contributed by atoms with van der Waals surface area (Å²) in [5, 5.41) is 9.32. The molecule has 16 heavy (non-hydrogen) atoms. The van der Waals surface area contributed by atoms with Crippen LogP contribution < -0.4 is 0 Å². The standard InChI is InChI=1S/C15H22O/c1-3-4-5-6-15(12-16)11-14-9-7-13(2)8-10-14/h3,7-10,15-16H,1,4-6,11-12H2,2H3/t15-/m1/s1. The first-order chi connectivity index (χ1) is 7.76. The van der Waals surface area contributed by atoms with Crippen molar-refractivity contribution in [3.63, 3.8) is 0 Å². The first-order valence-electron chi connectivity index (χ1n) is 6.03. The molecule has 1 nitrogen and oxygen atoms in total. The Bertz CT molecular complexity index is 300. The molecule has 0 saturated heterocycles. The summed E-state index contributed by atoms with van der Waals surface area (Å²) < 4.78 is 0. The summed E-state index contributed by atoms with van der Waals surface area (Å²) in [7, 11) is 0. The van der Waals surface area contributed by atoms with Gasteiger partial charge in [0.15, 0.2) is 0 Å². The highest BCUT2D eigenvalue weighted by molar-refractivity contribution is 5.21. The number of aliphatic hydroxyl groups excluding tert-OH is 1. The van der Waals surface area contributed by atoms with Gasteiger partial charge in [-0.25, -0.2) is 0 Å². The van der Waals surface area contributed by atoms with Gasteiger partial charge in [-0.2, -0.15) is 0 Å². The van der Waals surface area contributed by atoms with Crippen molar-refractivity contribution in [1.82, 2.24) is 0 Å². The van der Waals surface area contributed by atoms with Crippen LogP contribution in [0, 0.1) is 12.8 Å². The minimum Gasteiger partial charge on any atom is -0.396 e. The molecule has 0 saturated carbocycles. The highest BCUT2D eigenvalue weighted by Gasteiger charge is 2.07. The van der Waals surface area contributed by atoms with Gasteiger partial charge < -0.3 is 5.11 Å². The minimum absolute atomic E-state index is 0.283. The molecule has 1 heteroatoms. The number of aryl methyl sites for hydroxylation is 1. The zero-order valence-electron chi connectivity index (χ0n) is 10.2. The van der Waals surface area contributed by atoms with Crippen molar-refractivity contribution in [3.8, 4) is 0 Å². The molecule has 0 heterocycles. The van der Waals surface area contributed by atoms with E-state index in [1.807, 2.05) is 6.08 Å². The molecule has 0 aromatic heterocycles. The average Bonchev–Trinajstić information content (AvgIpc) is 2.31. The summed E-state index contributed by atoms with van der Waals surface area (Å²) >= 11 is 0. The number of benzene rings is 1. The van der Waals surface area contributed by atoms with E-state index in [1.54, 1.807) is 0 Å². The second kappa shape index (κ2) is 7.24. The maximum Gasteiger partial charge on any atom is 0.0462 e. The van der Waals surface area contributed by atoms with Gasteiger partial charge >= 0.3 is 0 Å². The van der Waals surface area contributed by atoms with Crippen molar-refractivity contribution in [2.45, 2.75) is 32.6 Å². The number of unbranched alkanes of at least 4 members (excludes halogenated alkanes) is 1. The Morgan fingerprint density at radius 3 is 2.56 bits per heavy atom. The summed E-state index contributed by atoms with van der Waals surface area (Å²) in [6.45, 7) is 6.09. The third-order valence-corrected chi connectivity index (χ3v) is 2.92. The molecule has 0 unspecified atom stereocenters. The lowest BCUT2D eigenvalue weighted by Crippen LogP contribution is -2.09. The van der Waals surface area contributed by atoms with Crippen LogP contribution in [0.15, 0.2) is 36.9 Å². The van der Waals surface area contributed by atoms with E-state index in [2.05, 4.69) is 37.8 Å². The lowest BCUT2D eigenvalue weighted by molar-refractivity contribution is 0.216. The van der Waals surface area contributed by atoms with Gasteiger partial charge in [0.25, 0.3) is 0 Å². The van der Waals surface area contributed by atoms with E-state index in [1.165, 1.54) is 11.1 Å². The van der Waals surface area contributed by atoms with E-state index >= 15 is 0 Å². The SMILES string of the molecule is C=CCCC[C@@H](CO)Cc1ccc(C)cc1. The number of allylic oxidation sites excluding steroid dienone is 1. The van der Waals surface area contributed by atoms with Crippen molar-refractivity contribution >= 4 is 0 Å². The third-order valence-electron chi connectivity index (χ3n) is 2.92. The Morgan fingerprint density at radius 2 is 2.00 bits per heavy atom. The molecule has 1 rings (SSSR count). The van der Waals surface area contributed by atoms with Crippen LogP contribution in [0.1, 0.15) is 30.4 Å². The van der Waals surface area contributed by atoms with Gasteiger partial charge in [0.2, 0.25) is 0 Å². The molecule has 0 aliphatic carbocycles. The largest absolute Gasteiger partial charge is 0.396 e. The van der Waals surface area contributed by atoms with Gasteiger partial charge in [-0.1, -0.05) is 35.9 Å². The second-order valence-electron chi connectivity index (χ2n) is 4.46. The molecule has 0 fully saturated rings. The average molecular weight is 218 g/mol. The Balaban J connectivity index is 2.42. The predicted molar refractivity (Wildman–Crippen MR) is 69.5 cm³/mol. The molecule has 1 atom stereocenters. The van der Waals surface area contributed by atoms with E-state index in [-0.39, 0.29) is 6.61 Å². The molecule has 0 radical (unpaired) electrons. The molecule has 0 bridgehead atoms. The third kappa shape index (κ3) is 4.63. The summed E-state index contributed by atoms with van der Waals surface area (Å²) in [4.78, 5) is 0. The first-order valence-corrected chi connectivity index (χ1v) is 6.03. The lowest BCUT2D eigenvalue weighted by atomic mass is 9.94. The molecule has 88 valence electrons. The molecule has 1 aromatic rings. The number of rotatable bonds is 7. The smallest absolute Gasteiger partial charge is 0.0462 e. The van der Waals surface area contributed by atoms with E-state index in [0.29, 0.717) is 5.92 Å². The van der Waals surface area contributed by atoms with Crippen molar-refractivity contribution in [2.75, 3.05) is 6.61 Å². The minimum atomic E-state index is 0.283. The van der Waals surface area contributed by atoms with Crippen LogP contribution in [0.2, 0.25) is 0 Å². The second-order valence-corrected chi connectivity index (χ2v) is 4.46. The fourth-order valence-electron chi connectivity index (χ4n) is 1.87. The monoisotopic (exact) mass is 218 g/mol. The Hall–Kier alpha value is -1.08. The van der Waals surface area contributed by atoms with Gasteiger partial charge in [0, 0.05) is 6.61 Å². The van der Waals surface area contributed by atoms with Crippen LogP contribution in [-0.2, 0) is 6.42 Å². The zero-order chi connectivity index (χ0) is 11.8. The van der Waals surface area contributed by atoms with Gasteiger partial charge in [0.1, 0.15) is 0 Å². The van der Waals surface area contributed by atoms with Gasteiger partial charge in [-0.05, 0) is 44.1 Å². The van der Waals surface area contributed by atoms with Crippen LogP contribution in [-0.4, -0.2) is 11.7 Å². The molecule has 1 N–H and O–H groups in total. The van der Waals surface area contributed by atoms with Gasteiger partial charge in [-0.15, -0.1) is 6.58 Å². The number of hydrogen-bond acceptors (Lipinski definition) is 1. The van der Waals surface area contributed by atoms with E-state index in [9.17, 15) is 5.11 Å².